The van der Waals surface area contributed by atoms with Gasteiger partial charge in [0.05, 0.1) is 5.69 Å². The van der Waals surface area contributed by atoms with E-state index in [4.69, 9.17) is 4.84 Å². The van der Waals surface area contributed by atoms with E-state index in [9.17, 15) is 4.39 Å². The van der Waals surface area contributed by atoms with Gasteiger partial charge in [-0.2, -0.15) is 4.73 Å². The summed E-state index contributed by atoms with van der Waals surface area (Å²) < 4.78 is 15.5. The summed E-state index contributed by atoms with van der Waals surface area (Å²) in [6.45, 7) is 3.74. The van der Waals surface area contributed by atoms with Gasteiger partial charge in [0.15, 0.2) is 0 Å². The van der Waals surface area contributed by atoms with Crippen molar-refractivity contribution in [3.8, 4) is 22.4 Å². The van der Waals surface area contributed by atoms with Crippen molar-refractivity contribution >= 4 is 11.0 Å². The molecule has 0 spiro atoms. The number of aromatic nitrogens is 3. The second-order valence-electron chi connectivity index (χ2n) is 7.51. The summed E-state index contributed by atoms with van der Waals surface area (Å²) in [4.78, 5) is 17.6. The standard InChI is InChI=1S/C24H23FN4O/c25-20-7-5-18(6-8-20)22-23-21(4-3-11-27-23)29(24(22)19-9-12-26-13-10-19)30-17-16-28-14-1-2-15-28/h3-13H,1-2,14-17H2. The average Bonchev–Trinajstić information content (AvgIpc) is 3.42. The maximum atomic E-state index is 13.6. The van der Waals surface area contributed by atoms with Crippen LogP contribution in [0.2, 0.25) is 0 Å². The van der Waals surface area contributed by atoms with Gasteiger partial charge >= 0.3 is 0 Å². The predicted molar refractivity (Wildman–Crippen MR) is 115 cm³/mol. The van der Waals surface area contributed by atoms with Gasteiger partial charge in [-0.3, -0.25) is 14.9 Å². The molecule has 0 atom stereocenters. The third kappa shape index (κ3) is 3.55. The number of likely N-dealkylation sites (tertiary alicyclic amines) is 1. The number of fused-ring (bicyclic) bond motifs is 1. The lowest BCUT2D eigenvalue weighted by atomic mass is 10.0. The lowest BCUT2D eigenvalue weighted by Gasteiger charge is -2.17. The fourth-order valence-electron chi connectivity index (χ4n) is 4.15. The third-order valence-corrected chi connectivity index (χ3v) is 5.60. The summed E-state index contributed by atoms with van der Waals surface area (Å²) in [5.41, 5.74) is 5.43. The summed E-state index contributed by atoms with van der Waals surface area (Å²) in [5, 5.41) is 0. The van der Waals surface area contributed by atoms with Crippen LogP contribution in [0.4, 0.5) is 4.39 Å². The molecule has 0 N–H and O–H groups in total. The lowest BCUT2D eigenvalue weighted by Crippen LogP contribution is -2.28. The first-order valence-corrected chi connectivity index (χ1v) is 10.3. The smallest absolute Gasteiger partial charge is 0.127 e. The largest absolute Gasteiger partial charge is 0.412 e. The second kappa shape index (κ2) is 8.24. The molecule has 1 fully saturated rings. The van der Waals surface area contributed by atoms with E-state index < -0.39 is 0 Å². The third-order valence-electron chi connectivity index (χ3n) is 5.60. The van der Waals surface area contributed by atoms with Crippen molar-refractivity contribution in [1.29, 1.82) is 0 Å². The van der Waals surface area contributed by atoms with Crippen molar-refractivity contribution < 1.29 is 9.23 Å². The molecule has 1 saturated heterocycles. The van der Waals surface area contributed by atoms with Crippen molar-refractivity contribution in [2.75, 3.05) is 26.2 Å². The molecule has 3 aromatic heterocycles. The van der Waals surface area contributed by atoms with E-state index in [1.54, 1.807) is 30.7 Å². The van der Waals surface area contributed by atoms with Crippen LogP contribution < -0.4 is 4.84 Å². The first-order chi connectivity index (χ1) is 14.8. The summed E-state index contributed by atoms with van der Waals surface area (Å²) in [7, 11) is 0. The van der Waals surface area contributed by atoms with Crippen LogP contribution in [0.15, 0.2) is 67.1 Å². The maximum Gasteiger partial charge on any atom is 0.127 e. The van der Waals surface area contributed by atoms with Gasteiger partial charge in [-0.25, -0.2) is 4.39 Å². The number of rotatable bonds is 6. The quantitative estimate of drug-likeness (QED) is 0.479. The highest BCUT2D eigenvalue weighted by Crippen LogP contribution is 2.39. The fraction of sp³-hybridized carbons (Fsp3) is 0.250. The minimum Gasteiger partial charge on any atom is -0.412 e. The molecule has 0 aliphatic carbocycles. The monoisotopic (exact) mass is 402 g/mol. The van der Waals surface area contributed by atoms with Gasteiger partial charge < -0.3 is 4.84 Å². The molecule has 152 valence electrons. The molecule has 1 aliphatic rings. The minimum absolute atomic E-state index is 0.261. The zero-order chi connectivity index (χ0) is 20.3. The molecule has 4 aromatic rings. The summed E-state index contributed by atoms with van der Waals surface area (Å²) in [6.07, 6.45) is 7.83. The highest BCUT2D eigenvalue weighted by molar-refractivity contribution is 6.01. The Morgan fingerprint density at radius 1 is 0.900 bits per heavy atom. The molecule has 0 saturated carbocycles. The molecule has 4 heterocycles. The Labute approximate surface area is 174 Å². The van der Waals surface area contributed by atoms with Crippen molar-refractivity contribution in [2.24, 2.45) is 0 Å². The van der Waals surface area contributed by atoms with E-state index in [2.05, 4.69) is 14.9 Å². The number of benzene rings is 1. The molecule has 5 rings (SSSR count). The van der Waals surface area contributed by atoms with Crippen molar-refractivity contribution in [3.63, 3.8) is 0 Å². The normalized spacial score (nSPS) is 14.4. The number of halogens is 1. The first kappa shape index (κ1) is 18.8. The molecular formula is C24H23FN4O. The zero-order valence-electron chi connectivity index (χ0n) is 16.7. The van der Waals surface area contributed by atoms with E-state index >= 15 is 0 Å². The molecule has 1 aromatic carbocycles. The van der Waals surface area contributed by atoms with E-state index in [0.29, 0.717) is 6.61 Å². The predicted octanol–water partition coefficient (Wildman–Crippen LogP) is 4.43. The van der Waals surface area contributed by atoms with E-state index in [1.165, 1.54) is 25.0 Å². The number of hydrogen-bond donors (Lipinski definition) is 0. The van der Waals surface area contributed by atoms with Gasteiger partial charge in [0.1, 0.15) is 23.5 Å². The summed E-state index contributed by atoms with van der Waals surface area (Å²) >= 11 is 0. The Bertz CT molecular complexity index is 1140. The van der Waals surface area contributed by atoms with E-state index in [0.717, 1.165) is 53.1 Å². The summed E-state index contributed by atoms with van der Waals surface area (Å²) in [6, 6.07) is 14.4. The fourth-order valence-corrected chi connectivity index (χ4v) is 4.15. The van der Waals surface area contributed by atoms with Crippen molar-refractivity contribution in [1.82, 2.24) is 19.6 Å². The van der Waals surface area contributed by atoms with Gasteiger partial charge in [-0.15, -0.1) is 0 Å². The molecule has 0 unspecified atom stereocenters. The molecule has 0 amide bonds. The number of hydrogen-bond acceptors (Lipinski definition) is 4. The first-order valence-electron chi connectivity index (χ1n) is 10.3. The molecule has 1 aliphatic heterocycles. The van der Waals surface area contributed by atoms with E-state index in [1.807, 2.05) is 29.0 Å². The SMILES string of the molecule is Fc1ccc(-c2c(-c3ccncc3)n(OCCN3CCCC3)c3cccnc23)cc1. The van der Waals surface area contributed by atoms with Gasteiger partial charge in [0, 0.05) is 36.3 Å². The van der Waals surface area contributed by atoms with Crippen LogP contribution in [0.1, 0.15) is 12.8 Å². The molecule has 0 radical (unpaired) electrons. The lowest BCUT2D eigenvalue weighted by molar-refractivity contribution is 0.103. The number of nitrogens with zero attached hydrogens (tertiary/aromatic N) is 4. The van der Waals surface area contributed by atoms with Crippen molar-refractivity contribution in [2.45, 2.75) is 12.8 Å². The Kier molecular flexibility index (Phi) is 5.15. The highest BCUT2D eigenvalue weighted by Gasteiger charge is 2.22. The van der Waals surface area contributed by atoms with Gasteiger partial charge in [0.2, 0.25) is 0 Å². The Hall–Kier alpha value is -3.25. The molecule has 5 nitrogen and oxygen atoms in total. The molecular weight excluding hydrogens is 379 g/mol. The zero-order valence-corrected chi connectivity index (χ0v) is 16.7. The Morgan fingerprint density at radius 3 is 2.43 bits per heavy atom. The molecule has 30 heavy (non-hydrogen) atoms. The highest BCUT2D eigenvalue weighted by atomic mass is 19.1. The van der Waals surface area contributed by atoms with Crippen molar-refractivity contribution in [3.05, 3.63) is 72.9 Å². The minimum atomic E-state index is -0.261. The van der Waals surface area contributed by atoms with Crippen LogP contribution in [0, 0.1) is 5.82 Å². The van der Waals surface area contributed by atoms with Gasteiger partial charge in [-0.1, -0.05) is 12.1 Å². The van der Waals surface area contributed by atoms with Crippen LogP contribution in [0.25, 0.3) is 33.4 Å². The van der Waals surface area contributed by atoms with Crippen LogP contribution in [0.5, 0.6) is 0 Å². The Morgan fingerprint density at radius 2 is 1.67 bits per heavy atom. The van der Waals surface area contributed by atoms with Gasteiger partial charge in [-0.05, 0) is 67.9 Å². The average molecular weight is 402 g/mol. The Balaban J connectivity index is 1.64. The molecule has 0 bridgehead atoms. The molecule has 6 heteroatoms. The second-order valence-corrected chi connectivity index (χ2v) is 7.51. The van der Waals surface area contributed by atoms with Crippen LogP contribution in [0.3, 0.4) is 0 Å². The maximum absolute atomic E-state index is 13.6. The van der Waals surface area contributed by atoms with Crippen LogP contribution in [-0.2, 0) is 0 Å². The topological polar surface area (TPSA) is 43.2 Å². The number of pyridine rings is 2. The summed E-state index contributed by atoms with van der Waals surface area (Å²) in [5.74, 6) is -0.261. The van der Waals surface area contributed by atoms with Crippen LogP contribution >= 0.6 is 0 Å². The van der Waals surface area contributed by atoms with E-state index in [-0.39, 0.29) is 5.82 Å². The van der Waals surface area contributed by atoms with Crippen LogP contribution in [-0.4, -0.2) is 45.8 Å². The van der Waals surface area contributed by atoms with Gasteiger partial charge in [0.25, 0.3) is 0 Å².